The molecule has 1 saturated carbocycles. The summed E-state index contributed by atoms with van der Waals surface area (Å²) in [6, 6.07) is 15.0. The molecule has 3 aromatic rings. The van der Waals surface area contributed by atoms with Crippen molar-refractivity contribution in [2.24, 2.45) is 0 Å². The summed E-state index contributed by atoms with van der Waals surface area (Å²) in [6.45, 7) is 2.58. The van der Waals surface area contributed by atoms with Crippen molar-refractivity contribution >= 4 is 28.3 Å². The number of carbonyl (C=O) groups is 1. The van der Waals surface area contributed by atoms with Gasteiger partial charge in [-0.25, -0.2) is 4.98 Å². The molecule has 0 unspecified atom stereocenters. The minimum absolute atomic E-state index is 0.00452. The van der Waals surface area contributed by atoms with Gasteiger partial charge >= 0.3 is 0 Å². The SMILES string of the molecule is O=C(c1nc2ccccc2n1C1CCCCC1)N1CCN(c2ccc([N+](=O)[O-])cc2)CC1. The van der Waals surface area contributed by atoms with E-state index in [2.05, 4.69) is 15.5 Å². The van der Waals surface area contributed by atoms with E-state index in [1.165, 1.54) is 31.4 Å². The summed E-state index contributed by atoms with van der Waals surface area (Å²) in [7, 11) is 0. The Morgan fingerprint density at radius 1 is 0.938 bits per heavy atom. The number of benzene rings is 2. The average Bonchev–Trinajstić information content (AvgIpc) is 3.24. The second-order valence-corrected chi connectivity index (χ2v) is 8.64. The second kappa shape index (κ2) is 8.61. The van der Waals surface area contributed by atoms with Crippen LogP contribution in [-0.2, 0) is 0 Å². The van der Waals surface area contributed by atoms with Crippen LogP contribution in [0.4, 0.5) is 11.4 Å². The first-order valence-corrected chi connectivity index (χ1v) is 11.4. The minimum atomic E-state index is -0.390. The summed E-state index contributed by atoms with van der Waals surface area (Å²) in [4.78, 5) is 32.9. The molecule has 166 valence electrons. The van der Waals surface area contributed by atoms with Crippen molar-refractivity contribution in [2.75, 3.05) is 31.1 Å². The van der Waals surface area contributed by atoms with E-state index >= 15 is 0 Å². The summed E-state index contributed by atoms with van der Waals surface area (Å²) in [6.07, 6.45) is 5.83. The number of hydrogen-bond acceptors (Lipinski definition) is 5. The molecule has 32 heavy (non-hydrogen) atoms. The molecule has 5 rings (SSSR count). The van der Waals surface area contributed by atoms with E-state index < -0.39 is 4.92 Å². The lowest BCUT2D eigenvalue weighted by molar-refractivity contribution is -0.384. The van der Waals surface area contributed by atoms with Crippen LogP contribution in [0.1, 0.15) is 48.8 Å². The van der Waals surface area contributed by atoms with Crippen molar-refractivity contribution in [2.45, 2.75) is 38.1 Å². The first-order valence-electron chi connectivity index (χ1n) is 11.4. The average molecular weight is 434 g/mol. The molecule has 2 heterocycles. The van der Waals surface area contributed by atoms with E-state index in [1.807, 2.05) is 23.1 Å². The standard InChI is InChI=1S/C24H27N5O3/c30-24(27-16-14-26(15-17-27)18-10-12-20(13-11-18)29(31)32)23-25-21-8-4-5-9-22(21)28(23)19-6-2-1-3-7-19/h4-5,8-13,19H,1-3,6-7,14-17H2. The maximum atomic E-state index is 13.5. The minimum Gasteiger partial charge on any atom is -0.368 e. The molecule has 8 heteroatoms. The van der Waals surface area contributed by atoms with Crippen LogP contribution in [0, 0.1) is 10.1 Å². The summed E-state index contributed by atoms with van der Waals surface area (Å²) in [5, 5.41) is 10.9. The Balaban J connectivity index is 1.34. The molecule has 2 fully saturated rings. The summed E-state index contributed by atoms with van der Waals surface area (Å²) in [5.41, 5.74) is 2.96. The van der Waals surface area contributed by atoms with Crippen molar-refractivity contribution in [3.63, 3.8) is 0 Å². The highest BCUT2D eigenvalue weighted by atomic mass is 16.6. The molecule has 0 N–H and O–H groups in total. The second-order valence-electron chi connectivity index (χ2n) is 8.64. The molecule has 0 spiro atoms. The van der Waals surface area contributed by atoms with Gasteiger partial charge in [0.1, 0.15) is 0 Å². The Bertz CT molecular complexity index is 1130. The summed E-state index contributed by atoms with van der Waals surface area (Å²) >= 11 is 0. The van der Waals surface area contributed by atoms with Crippen LogP contribution in [0.2, 0.25) is 0 Å². The largest absolute Gasteiger partial charge is 0.368 e. The highest BCUT2D eigenvalue weighted by molar-refractivity contribution is 5.95. The highest BCUT2D eigenvalue weighted by Gasteiger charge is 2.29. The number of nitrogens with zero attached hydrogens (tertiary/aromatic N) is 5. The molecule has 1 aromatic heterocycles. The number of fused-ring (bicyclic) bond motifs is 1. The van der Waals surface area contributed by atoms with Gasteiger partial charge < -0.3 is 14.4 Å². The zero-order chi connectivity index (χ0) is 22.1. The number of hydrogen-bond donors (Lipinski definition) is 0. The fourth-order valence-electron chi connectivity index (χ4n) is 5.00. The number of rotatable bonds is 4. The number of imidazole rings is 1. The lowest BCUT2D eigenvalue weighted by Gasteiger charge is -2.36. The summed E-state index contributed by atoms with van der Waals surface area (Å²) < 4.78 is 2.19. The zero-order valence-electron chi connectivity index (χ0n) is 18.0. The van der Waals surface area contributed by atoms with Gasteiger partial charge in [-0.05, 0) is 37.1 Å². The molecule has 1 saturated heterocycles. The third-order valence-corrected chi connectivity index (χ3v) is 6.72. The van der Waals surface area contributed by atoms with E-state index in [4.69, 9.17) is 4.98 Å². The third kappa shape index (κ3) is 3.81. The number of aromatic nitrogens is 2. The van der Waals surface area contributed by atoms with E-state index in [-0.39, 0.29) is 11.6 Å². The number of nitro groups is 1. The molecule has 0 radical (unpaired) electrons. The monoisotopic (exact) mass is 433 g/mol. The molecular weight excluding hydrogens is 406 g/mol. The van der Waals surface area contributed by atoms with Gasteiger partial charge in [-0.2, -0.15) is 0 Å². The van der Waals surface area contributed by atoms with Gasteiger partial charge in [0.05, 0.1) is 16.0 Å². The predicted octanol–water partition coefficient (Wildman–Crippen LogP) is 4.41. The first kappa shape index (κ1) is 20.5. The van der Waals surface area contributed by atoms with Crippen LogP contribution >= 0.6 is 0 Å². The Kier molecular flexibility index (Phi) is 5.51. The van der Waals surface area contributed by atoms with E-state index in [0.29, 0.717) is 38.0 Å². The van der Waals surface area contributed by atoms with Gasteiger partial charge in [-0.15, -0.1) is 0 Å². The van der Waals surface area contributed by atoms with E-state index in [1.54, 1.807) is 12.1 Å². The first-order chi connectivity index (χ1) is 15.6. The molecule has 8 nitrogen and oxygen atoms in total. The Labute approximate surface area is 186 Å². The van der Waals surface area contributed by atoms with Gasteiger partial charge in [0, 0.05) is 50.0 Å². The van der Waals surface area contributed by atoms with Crippen molar-refractivity contribution < 1.29 is 9.72 Å². The number of anilines is 1. The molecule has 1 amide bonds. The number of amides is 1. The number of nitro benzene ring substituents is 1. The van der Waals surface area contributed by atoms with Crippen LogP contribution in [-0.4, -0.2) is 51.5 Å². The quantitative estimate of drug-likeness (QED) is 0.449. The maximum Gasteiger partial charge on any atom is 0.290 e. The van der Waals surface area contributed by atoms with Crippen LogP contribution in [0.15, 0.2) is 48.5 Å². The summed E-state index contributed by atoms with van der Waals surface area (Å²) in [5.74, 6) is 0.553. The van der Waals surface area contributed by atoms with Gasteiger partial charge in [0.15, 0.2) is 0 Å². The molecular formula is C24H27N5O3. The van der Waals surface area contributed by atoms with Gasteiger partial charge in [-0.1, -0.05) is 31.4 Å². The Morgan fingerprint density at radius 3 is 2.31 bits per heavy atom. The number of para-hydroxylation sites is 2. The van der Waals surface area contributed by atoms with Crippen LogP contribution in [0.3, 0.4) is 0 Å². The van der Waals surface area contributed by atoms with Gasteiger partial charge in [0.25, 0.3) is 11.6 Å². The van der Waals surface area contributed by atoms with E-state index in [0.717, 1.165) is 29.6 Å². The lowest BCUT2D eigenvalue weighted by Crippen LogP contribution is -2.49. The molecule has 1 aliphatic heterocycles. The van der Waals surface area contributed by atoms with Gasteiger partial charge in [0.2, 0.25) is 5.82 Å². The molecule has 2 aromatic carbocycles. The van der Waals surface area contributed by atoms with Crippen molar-refractivity contribution in [1.29, 1.82) is 0 Å². The molecule has 0 bridgehead atoms. The normalized spacial score (nSPS) is 17.6. The smallest absolute Gasteiger partial charge is 0.290 e. The predicted molar refractivity (Wildman–Crippen MR) is 123 cm³/mol. The fraction of sp³-hybridized carbons (Fsp3) is 0.417. The molecule has 1 aliphatic carbocycles. The number of non-ortho nitro benzene ring substituents is 1. The van der Waals surface area contributed by atoms with Crippen LogP contribution in [0.5, 0.6) is 0 Å². The number of piperazine rings is 1. The van der Waals surface area contributed by atoms with Crippen LogP contribution < -0.4 is 4.90 Å². The van der Waals surface area contributed by atoms with Crippen molar-refractivity contribution in [1.82, 2.24) is 14.5 Å². The van der Waals surface area contributed by atoms with Gasteiger partial charge in [-0.3, -0.25) is 14.9 Å². The zero-order valence-corrected chi connectivity index (χ0v) is 18.0. The molecule has 2 aliphatic rings. The fourth-order valence-corrected chi connectivity index (χ4v) is 5.00. The molecule has 0 atom stereocenters. The van der Waals surface area contributed by atoms with E-state index in [9.17, 15) is 14.9 Å². The third-order valence-electron chi connectivity index (χ3n) is 6.72. The topological polar surface area (TPSA) is 84.5 Å². The van der Waals surface area contributed by atoms with Crippen molar-refractivity contribution in [3.8, 4) is 0 Å². The highest BCUT2D eigenvalue weighted by Crippen LogP contribution is 2.33. The number of carbonyl (C=O) groups excluding carboxylic acids is 1. The lowest BCUT2D eigenvalue weighted by atomic mass is 9.95. The Hall–Kier alpha value is -3.42. The maximum absolute atomic E-state index is 13.5. The van der Waals surface area contributed by atoms with Crippen LogP contribution in [0.25, 0.3) is 11.0 Å². The van der Waals surface area contributed by atoms with Crippen molar-refractivity contribution in [3.05, 3.63) is 64.5 Å². The Morgan fingerprint density at radius 2 is 1.62 bits per heavy atom.